The highest BCUT2D eigenvalue weighted by Crippen LogP contribution is 2.29. The van der Waals surface area contributed by atoms with E-state index in [-0.39, 0.29) is 5.69 Å². The molecule has 0 aliphatic heterocycles. The van der Waals surface area contributed by atoms with E-state index in [9.17, 15) is 18.0 Å². The second-order valence-corrected chi connectivity index (χ2v) is 6.07. The molecule has 0 bridgehead atoms. The standard InChI is InChI=1S/C18H20F3N3O/c1-12(2)9-10-22-16-8-3-13(11-23-16)17(25)24-15-6-4-14(5-7-15)18(19,20)21/h3-8,11-12H,9-10H2,1-2H3,(H,22,23)(H,24,25). The molecular formula is C18H20F3N3O. The maximum Gasteiger partial charge on any atom is 0.416 e. The minimum Gasteiger partial charge on any atom is -0.370 e. The Morgan fingerprint density at radius 2 is 1.80 bits per heavy atom. The van der Waals surface area contributed by atoms with Gasteiger partial charge in [-0.15, -0.1) is 0 Å². The Morgan fingerprint density at radius 1 is 1.12 bits per heavy atom. The summed E-state index contributed by atoms with van der Waals surface area (Å²) in [6.07, 6.45) is -1.96. The van der Waals surface area contributed by atoms with Crippen molar-refractivity contribution >= 4 is 17.4 Å². The van der Waals surface area contributed by atoms with Gasteiger partial charge in [-0.2, -0.15) is 13.2 Å². The molecule has 25 heavy (non-hydrogen) atoms. The smallest absolute Gasteiger partial charge is 0.370 e. The molecule has 4 nitrogen and oxygen atoms in total. The van der Waals surface area contributed by atoms with E-state index in [2.05, 4.69) is 29.5 Å². The molecule has 1 aromatic carbocycles. The number of rotatable bonds is 6. The van der Waals surface area contributed by atoms with Crippen LogP contribution in [0.1, 0.15) is 36.2 Å². The van der Waals surface area contributed by atoms with Crippen LogP contribution in [0.25, 0.3) is 0 Å². The monoisotopic (exact) mass is 351 g/mol. The number of nitrogens with zero attached hydrogens (tertiary/aromatic N) is 1. The molecule has 0 spiro atoms. The van der Waals surface area contributed by atoms with Crippen molar-refractivity contribution in [3.63, 3.8) is 0 Å². The van der Waals surface area contributed by atoms with Gasteiger partial charge in [0.1, 0.15) is 5.82 Å². The van der Waals surface area contributed by atoms with E-state index < -0.39 is 17.6 Å². The van der Waals surface area contributed by atoms with E-state index in [1.54, 1.807) is 12.1 Å². The molecule has 1 amide bonds. The largest absolute Gasteiger partial charge is 0.416 e. The van der Waals surface area contributed by atoms with Crippen LogP contribution < -0.4 is 10.6 Å². The third-order valence-electron chi connectivity index (χ3n) is 3.52. The van der Waals surface area contributed by atoms with Crippen molar-refractivity contribution in [2.45, 2.75) is 26.4 Å². The van der Waals surface area contributed by atoms with E-state index in [4.69, 9.17) is 0 Å². The van der Waals surface area contributed by atoms with Crippen LogP contribution in [0.3, 0.4) is 0 Å². The number of benzene rings is 1. The highest BCUT2D eigenvalue weighted by atomic mass is 19.4. The van der Waals surface area contributed by atoms with Crippen LogP contribution in [0.15, 0.2) is 42.6 Å². The zero-order chi connectivity index (χ0) is 18.4. The lowest BCUT2D eigenvalue weighted by Crippen LogP contribution is -2.13. The molecule has 0 radical (unpaired) electrons. The third kappa shape index (κ3) is 5.77. The van der Waals surface area contributed by atoms with Gasteiger partial charge >= 0.3 is 6.18 Å². The van der Waals surface area contributed by atoms with Crippen LogP contribution in [0, 0.1) is 5.92 Å². The van der Waals surface area contributed by atoms with Gasteiger partial charge in [-0.25, -0.2) is 4.98 Å². The van der Waals surface area contributed by atoms with E-state index in [1.807, 2.05) is 0 Å². The van der Waals surface area contributed by atoms with Crippen molar-refractivity contribution in [3.8, 4) is 0 Å². The van der Waals surface area contributed by atoms with Crippen molar-refractivity contribution in [2.75, 3.05) is 17.2 Å². The Kier molecular flexibility index (Phi) is 6.01. The first kappa shape index (κ1) is 18.8. The zero-order valence-corrected chi connectivity index (χ0v) is 14.0. The van der Waals surface area contributed by atoms with Crippen LogP contribution in [-0.2, 0) is 6.18 Å². The van der Waals surface area contributed by atoms with E-state index in [0.717, 1.165) is 25.1 Å². The quantitative estimate of drug-likeness (QED) is 0.785. The fraction of sp³-hybridized carbons (Fsp3) is 0.333. The maximum atomic E-state index is 12.5. The lowest BCUT2D eigenvalue weighted by Gasteiger charge is -2.10. The number of nitrogens with one attached hydrogen (secondary N) is 2. The number of hydrogen-bond acceptors (Lipinski definition) is 3. The van der Waals surface area contributed by atoms with Gasteiger partial charge in [-0.1, -0.05) is 13.8 Å². The number of pyridine rings is 1. The molecule has 1 aromatic heterocycles. The van der Waals surface area contributed by atoms with Gasteiger partial charge in [0.2, 0.25) is 0 Å². The first-order valence-corrected chi connectivity index (χ1v) is 7.94. The number of carbonyl (C=O) groups excluding carboxylic acids is 1. The highest BCUT2D eigenvalue weighted by molar-refractivity contribution is 6.04. The Bertz CT molecular complexity index is 695. The first-order valence-electron chi connectivity index (χ1n) is 7.94. The average Bonchev–Trinajstić information content (AvgIpc) is 2.55. The summed E-state index contributed by atoms with van der Waals surface area (Å²) in [5.74, 6) is 0.828. The highest BCUT2D eigenvalue weighted by Gasteiger charge is 2.29. The predicted molar refractivity (Wildman–Crippen MR) is 91.6 cm³/mol. The molecule has 2 rings (SSSR count). The lowest BCUT2D eigenvalue weighted by atomic mass is 10.1. The number of alkyl halides is 3. The molecule has 0 saturated heterocycles. The normalized spacial score (nSPS) is 11.4. The summed E-state index contributed by atoms with van der Waals surface area (Å²) in [4.78, 5) is 16.3. The lowest BCUT2D eigenvalue weighted by molar-refractivity contribution is -0.137. The first-order chi connectivity index (χ1) is 11.8. The average molecular weight is 351 g/mol. The SMILES string of the molecule is CC(C)CCNc1ccc(C(=O)Nc2ccc(C(F)(F)F)cc2)cn1. The fourth-order valence-corrected chi connectivity index (χ4v) is 2.07. The van der Waals surface area contributed by atoms with Gasteiger partial charge in [0, 0.05) is 18.4 Å². The number of anilines is 2. The molecule has 1 heterocycles. The van der Waals surface area contributed by atoms with Gasteiger partial charge in [0.25, 0.3) is 5.91 Å². The zero-order valence-electron chi connectivity index (χ0n) is 14.0. The minimum atomic E-state index is -4.40. The van der Waals surface area contributed by atoms with Crippen LogP contribution in [0.5, 0.6) is 0 Å². The van der Waals surface area contributed by atoms with Gasteiger partial charge in [-0.3, -0.25) is 4.79 Å². The molecule has 0 aliphatic rings. The van der Waals surface area contributed by atoms with E-state index in [1.165, 1.54) is 18.3 Å². The number of carbonyl (C=O) groups is 1. The van der Waals surface area contributed by atoms with Crippen LogP contribution in [0.4, 0.5) is 24.7 Å². The van der Waals surface area contributed by atoms with Crippen molar-refractivity contribution in [2.24, 2.45) is 5.92 Å². The molecule has 7 heteroatoms. The molecule has 0 unspecified atom stereocenters. The molecule has 0 aliphatic carbocycles. The van der Waals surface area contributed by atoms with E-state index >= 15 is 0 Å². The summed E-state index contributed by atoms with van der Waals surface area (Å²) in [7, 11) is 0. The topological polar surface area (TPSA) is 54.0 Å². The number of amides is 1. The van der Waals surface area contributed by atoms with Crippen molar-refractivity contribution < 1.29 is 18.0 Å². The van der Waals surface area contributed by atoms with Gasteiger partial charge in [0.05, 0.1) is 11.1 Å². The Hall–Kier alpha value is -2.57. The van der Waals surface area contributed by atoms with Crippen molar-refractivity contribution in [1.29, 1.82) is 0 Å². The van der Waals surface area contributed by atoms with E-state index in [0.29, 0.717) is 17.3 Å². The summed E-state index contributed by atoms with van der Waals surface area (Å²) in [6, 6.07) is 7.60. The Balaban J connectivity index is 1.94. The molecule has 2 N–H and O–H groups in total. The summed E-state index contributed by atoms with van der Waals surface area (Å²) < 4.78 is 37.5. The number of aromatic nitrogens is 1. The third-order valence-corrected chi connectivity index (χ3v) is 3.52. The molecule has 2 aromatic rings. The van der Waals surface area contributed by atoms with Crippen LogP contribution in [0.2, 0.25) is 0 Å². The second-order valence-electron chi connectivity index (χ2n) is 6.07. The molecule has 0 atom stereocenters. The number of hydrogen-bond donors (Lipinski definition) is 2. The predicted octanol–water partition coefficient (Wildman–Crippen LogP) is 4.81. The van der Waals surface area contributed by atoms with Crippen LogP contribution in [-0.4, -0.2) is 17.4 Å². The van der Waals surface area contributed by atoms with Crippen molar-refractivity contribution in [3.05, 3.63) is 53.7 Å². The van der Waals surface area contributed by atoms with Crippen LogP contribution >= 0.6 is 0 Å². The Labute approximate surface area is 144 Å². The van der Waals surface area contributed by atoms with Crippen molar-refractivity contribution in [1.82, 2.24) is 4.98 Å². The minimum absolute atomic E-state index is 0.289. The molecule has 0 fully saturated rings. The maximum absolute atomic E-state index is 12.5. The summed E-state index contributed by atoms with van der Waals surface area (Å²) in [6.45, 7) is 5.05. The molecule has 0 saturated carbocycles. The summed E-state index contributed by atoms with van der Waals surface area (Å²) >= 11 is 0. The van der Waals surface area contributed by atoms with Gasteiger partial charge in [0.15, 0.2) is 0 Å². The summed E-state index contributed by atoms with van der Waals surface area (Å²) in [5.41, 5.74) is -0.143. The second kappa shape index (κ2) is 8.00. The molecule has 134 valence electrons. The fourth-order valence-electron chi connectivity index (χ4n) is 2.07. The number of halogens is 3. The summed E-state index contributed by atoms with van der Waals surface area (Å²) in [5, 5.41) is 5.71. The molecular weight excluding hydrogens is 331 g/mol. The van der Waals surface area contributed by atoms with Gasteiger partial charge < -0.3 is 10.6 Å². The van der Waals surface area contributed by atoms with Gasteiger partial charge in [-0.05, 0) is 48.7 Å². The Morgan fingerprint density at radius 3 is 2.32 bits per heavy atom.